The lowest BCUT2D eigenvalue weighted by atomic mass is 10.2. The third kappa shape index (κ3) is 4.43. The summed E-state index contributed by atoms with van der Waals surface area (Å²) in [4.78, 5) is 0. The maximum absolute atomic E-state index is 12.2. The lowest BCUT2D eigenvalue weighted by Gasteiger charge is -2.02. The largest absolute Gasteiger partial charge is 0.435 e. The van der Waals surface area contributed by atoms with E-state index in [0.29, 0.717) is 12.4 Å². The molecule has 0 amide bonds. The highest BCUT2D eigenvalue weighted by atomic mass is 35.5. The van der Waals surface area contributed by atoms with Crippen LogP contribution in [-0.2, 0) is 12.7 Å². The van der Waals surface area contributed by atoms with Crippen LogP contribution in [0.15, 0.2) is 12.3 Å². The van der Waals surface area contributed by atoms with Crippen LogP contribution in [0.5, 0.6) is 0 Å². The van der Waals surface area contributed by atoms with E-state index in [1.807, 2.05) is 0 Å². The minimum absolute atomic E-state index is 0.526. The van der Waals surface area contributed by atoms with Gasteiger partial charge in [-0.1, -0.05) is 12.8 Å². The Morgan fingerprint density at radius 2 is 1.88 bits per heavy atom. The Bertz CT molecular complexity index is 309. The van der Waals surface area contributed by atoms with Crippen LogP contribution >= 0.6 is 11.6 Å². The van der Waals surface area contributed by atoms with Crippen molar-refractivity contribution in [2.45, 2.75) is 38.4 Å². The maximum Gasteiger partial charge on any atom is 0.435 e. The lowest BCUT2D eigenvalue weighted by Crippen LogP contribution is -2.08. The highest BCUT2D eigenvalue weighted by Gasteiger charge is 2.33. The standard InChI is InChI=1S/C10H14ClF3N2/c11-6-3-1-2-4-7-16-8-5-9(15-16)10(12,13)14/h5,8H,1-4,6-7H2. The van der Waals surface area contributed by atoms with Crippen molar-refractivity contribution in [3.8, 4) is 0 Å². The molecule has 0 N–H and O–H groups in total. The first-order chi connectivity index (χ1) is 7.54. The second-order valence-electron chi connectivity index (χ2n) is 3.57. The zero-order valence-corrected chi connectivity index (χ0v) is 9.56. The molecule has 0 bridgehead atoms. The van der Waals surface area contributed by atoms with Gasteiger partial charge in [0.1, 0.15) is 0 Å². The molecular formula is C10H14ClF3N2. The summed E-state index contributed by atoms with van der Waals surface area (Å²) in [6, 6.07) is 0.999. The molecule has 0 unspecified atom stereocenters. The molecule has 0 spiro atoms. The first-order valence-electron chi connectivity index (χ1n) is 5.20. The van der Waals surface area contributed by atoms with Crippen molar-refractivity contribution in [1.82, 2.24) is 9.78 Å². The van der Waals surface area contributed by atoms with Crippen LogP contribution in [0.1, 0.15) is 31.4 Å². The van der Waals surface area contributed by atoms with Gasteiger partial charge in [0.25, 0.3) is 0 Å². The van der Waals surface area contributed by atoms with Crippen molar-refractivity contribution in [2.75, 3.05) is 5.88 Å². The lowest BCUT2D eigenvalue weighted by molar-refractivity contribution is -0.141. The fraction of sp³-hybridized carbons (Fsp3) is 0.700. The number of halogens is 4. The van der Waals surface area contributed by atoms with Gasteiger partial charge in [0.15, 0.2) is 5.69 Å². The predicted octanol–water partition coefficient (Wildman–Crippen LogP) is 3.70. The number of nitrogens with zero attached hydrogens (tertiary/aromatic N) is 2. The number of unbranched alkanes of at least 4 members (excludes halogenated alkanes) is 3. The average Bonchev–Trinajstić information content (AvgIpc) is 2.65. The summed E-state index contributed by atoms with van der Waals surface area (Å²) < 4.78 is 37.9. The molecule has 1 aromatic rings. The molecule has 6 heteroatoms. The van der Waals surface area contributed by atoms with Gasteiger partial charge in [0.05, 0.1) is 0 Å². The van der Waals surface area contributed by atoms with Crippen molar-refractivity contribution in [1.29, 1.82) is 0 Å². The molecular weight excluding hydrogens is 241 g/mol. The smallest absolute Gasteiger partial charge is 0.272 e. The van der Waals surface area contributed by atoms with Crippen molar-refractivity contribution >= 4 is 11.6 Å². The van der Waals surface area contributed by atoms with Crippen LogP contribution in [-0.4, -0.2) is 15.7 Å². The van der Waals surface area contributed by atoms with Gasteiger partial charge in [0, 0.05) is 18.6 Å². The van der Waals surface area contributed by atoms with E-state index in [1.165, 1.54) is 10.9 Å². The predicted molar refractivity (Wildman–Crippen MR) is 56.4 cm³/mol. The molecule has 0 aliphatic carbocycles. The molecule has 0 radical (unpaired) electrons. The minimum Gasteiger partial charge on any atom is -0.272 e. The Morgan fingerprint density at radius 1 is 1.19 bits per heavy atom. The normalized spacial score (nSPS) is 12.0. The van der Waals surface area contributed by atoms with Crippen LogP contribution in [0.3, 0.4) is 0 Å². The van der Waals surface area contributed by atoms with Crippen molar-refractivity contribution < 1.29 is 13.2 Å². The molecule has 1 aromatic heterocycles. The topological polar surface area (TPSA) is 17.8 Å². The zero-order chi connectivity index (χ0) is 12.0. The summed E-state index contributed by atoms with van der Waals surface area (Å²) in [5, 5.41) is 3.46. The molecule has 16 heavy (non-hydrogen) atoms. The van der Waals surface area contributed by atoms with E-state index >= 15 is 0 Å². The van der Waals surface area contributed by atoms with Gasteiger partial charge in [0.2, 0.25) is 0 Å². The Labute approximate surface area is 97.4 Å². The molecule has 0 saturated carbocycles. The molecule has 92 valence electrons. The summed E-state index contributed by atoms with van der Waals surface area (Å²) in [5.41, 5.74) is -0.826. The van der Waals surface area contributed by atoms with Crippen LogP contribution in [0, 0.1) is 0 Å². The van der Waals surface area contributed by atoms with Gasteiger partial charge in [-0.3, -0.25) is 4.68 Å². The Hall–Kier alpha value is -0.710. The number of hydrogen-bond acceptors (Lipinski definition) is 1. The maximum atomic E-state index is 12.2. The molecule has 2 nitrogen and oxygen atoms in total. The Balaban J connectivity index is 2.30. The Morgan fingerprint density at radius 3 is 2.44 bits per heavy atom. The fourth-order valence-electron chi connectivity index (χ4n) is 1.36. The summed E-state index contributed by atoms with van der Waals surface area (Å²) in [6.45, 7) is 0.526. The summed E-state index contributed by atoms with van der Waals surface area (Å²) in [5.74, 6) is 0.639. The third-order valence-electron chi connectivity index (χ3n) is 2.20. The molecule has 0 saturated heterocycles. The zero-order valence-electron chi connectivity index (χ0n) is 8.80. The van der Waals surface area contributed by atoms with Crippen LogP contribution in [0.4, 0.5) is 13.2 Å². The second kappa shape index (κ2) is 6.13. The van der Waals surface area contributed by atoms with Crippen LogP contribution in [0.25, 0.3) is 0 Å². The SMILES string of the molecule is FC(F)(F)c1ccn(CCCCCCCl)n1. The summed E-state index contributed by atoms with van der Waals surface area (Å²) in [7, 11) is 0. The van der Waals surface area contributed by atoms with E-state index in [1.54, 1.807) is 0 Å². The first kappa shape index (κ1) is 13.4. The number of alkyl halides is 4. The molecule has 0 aromatic carbocycles. The highest BCUT2D eigenvalue weighted by Crippen LogP contribution is 2.27. The fourth-order valence-corrected chi connectivity index (χ4v) is 1.55. The van der Waals surface area contributed by atoms with Crippen LogP contribution < -0.4 is 0 Å². The Kier molecular flexibility index (Phi) is 5.12. The number of aryl methyl sites for hydroxylation is 1. The molecule has 0 aliphatic heterocycles. The summed E-state index contributed by atoms with van der Waals surface area (Å²) >= 11 is 5.51. The molecule has 0 fully saturated rings. The van der Waals surface area contributed by atoms with Crippen molar-refractivity contribution in [2.24, 2.45) is 0 Å². The van der Waals surface area contributed by atoms with E-state index in [2.05, 4.69) is 5.10 Å². The molecule has 1 heterocycles. The van der Waals surface area contributed by atoms with E-state index in [9.17, 15) is 13.2 Å². The highest BCUT2D eigenvalue weighted by molar-refractivity contribution is 6.17. The van der Waals surface area contributed by atoms with Gasteiger partial charge in [-0.2, -0.15) is 18.3 Å². The second-order valence-corrected chi connectivity index (χ2v) is 3.94. The van der Waals surface area contributed by atoms with E-state index in [4.69, 9.17) is 11.6 Å². The molecule has 0 aliphatic rings. The third-order valence-corrected chi connectivity index (χ3v) is 2.47. The van der Waals surface area contributed by atoms with Crippen LogP contribution in [0.2, 0.25) is 0 Å². The average molecular weight is 255 g/mol. The van der Waals surface area contributed by atoms with Gasteiger partial charge >= 0.3 is 6.18 Å². The molecule has 1 rings (SSSR count). The van der Waals surface area contributed by atoms with Crippen molar-refractivity contribution in [3.05, 3.63) is 18.0 Å². The van der Waals surface area contributed by atoms with Gasteiger partial charge in [-0.15, -0.1) is 11.6 Å². The number of aromatic nitrogens is 2. The van der Waals surface area contributed by atoms with Crippen molar-refractivity contribution in [3.63, 3.8) is 0 Å². The quantitative estimate of drug-likeness (QED) is 0.559. The number of hydrogen-bond donors (Lipinski definition) is 0. The van der Waals surface area contributed by atoms with E-state index < -0.39 is 11.9 Å². The van der Waals surface area contributed by atoms with Gasteiger partial charge in [-0.25, -0.2) is 0 Å². The van der Waals surface area contributed by atoms with E-state index in [0.717, 1.165) is 31.7 Å². The minimum atomic E-state index is -4.34. The van der Waals surface area contributed by atoms with Gasteiger partial charge < -0.3 is 0 Å². The van der Waals surface area contributed by atoms with Gasteiger partial charge in [-0.05, 0) is 18.9 Å². The summed E-state index contributed by atoms with van der Waals surface area (Å²) in [6.07, 6.45) is 0.781. The monoisotopic (exact) mass is 254 g/mol. The van der Waals surface area contributed by atoms with E-state index in [-0.39, 0.29) is 0 Å². The first-order valence-corrected chi connectivity index (χ1v) is 5.74. The molecule has 0 atom stereocenters. The number of rotatable bonds is 6.